The van der Waals surface area contributed by atoms with E-state index >= 15 is 0 Å². The molecule has 6 nitrogen and oxygen atoms in total. The molecule has 1 N–H and O–H groups in total. The maximum Gasteiger partial charge on any atom is 0.306 e. The van der Waals surface area contributed by atoms with Crippen molar-refractivity contribution in [3.8, 4) is 0 Å². The van der Waals surface area contributed by atoms with Crippen LogP contribution in [0.1, 0.15) is 23.7 Å². The van der Waals surface area contributed by atoms with Crippen molar-refractivity contribution in [3.05, 3.63) is 71.8 Å². The quantitative estimate of drug-likeness (QED) is 0.812. The van der Waals surface area contributed by atoms with E-state index in [1.54, 1.807) is 4.90 Å². The number of carboxylic acid groups (broad SMARTS) is 1. The van der Waals surface area contributed by atoms with E-state index in [9.17, 15) is 9.59 Å². The van der Waals surface area contributed by atoms with Crippen LogP contribution in [0.25, 0.3) is 0 Å². The third kappa shape index (κ3) is 5.39. The van der Waals surface area contributed by atoms with Crippen LogP contribution in [0.2, 0.25) is 0 Å². The number of nitrogens with zero attached hydrogens (tertiary/aromatic N) is 1. The molecular weight excluding hydrogens is 346 g/mol. The summed E-state index contributed by atoms with van der Waals surface area (Å²) in [4.78, 5) is 25.1. The van der Waals surface area contributed by atoms with Gasteiger partial charge in [-0.05, 0) is 11.1 Å². The Morgan fingerprint density at radius 1 is 1.07 bits per heavy atom. The van der Waals surface area contributed by atoms with Gasteiger partial charge < -0.3 is 19.5 Å². The lowest BCUT2D eigenvalue weighted by Crippen LogP contribution is -2.47. The first kappa shape index (κ1) is 19.1. The van der Waals surface area contributed by atoms with Crippen LogP contribution in [0, 0.1) is 0 Å². The van der Waals surface area contributed by atoms with Crippen LogP contribution in [-0.4, -0.2) is 54.3 Å². The standard InChI is InChI=1S/C21H23NO5/c23-19(22-11-12-26-18(14-22)13-20(24)25)15-27-21(16-7-3-1-4-8-16)17-9-5-2-6-10-17/h1-10,18,21H,11-15H2,(H,24,25). The summed E-state index contributed by atoms with van der Waals surface area (Å²) in [6.07, 6.45) is -0.923. The number of carbonyl (C=O) groups is 2. The van der Waals surface area contributed by atoms with Crippen molar-refractivity contribution in [1.29, 1.82) is 0 Å². The Labute approximate surface area is 158 Å². The van der Waals surface area contributed by atoms with Gasteiger partial charge in [0.1, 0.15) is 12.7 Å². The summed E-state index contributed by atoms with van der Waals surface area (Å²) < 4.78 is 11.4. The van der Waals surface area contributed by atoms with Crippen LogP contribution in [0.5, 0.6) is 0 Å². The predicted octanol–water partition coefficient (Wildman–Crippen LogP) is 2.49. The second-order valence-corrected chi connectivity index (χ2v) is 6.44. The first-order valence-electron chi connectivity index (χ1n) is 8.96. The van der Waals surface area contributed by atoms with Crippen molar-refractivity contribution in [3.63, 3.8) is 0 Å². The van der Waals surface area contributed by atoms with E-state index in [-0.39, 0.29) is 31.6 Å². The van der Waals surface area contributed by atoms with E-state index in [2.05, 4.69) is 0 Å². The Balaban J connectivity index is 1.65. The molecule has 1 fully saturated rings. The van der Waals surface area contributed by atoms with Gasteiger partial charge >= 0.3 is 5.97 Å². The minimum Gasteiger partial charge on any atom is -0.481 e. The SMILES string of the molecule is O=C(O)CC1CN(C(=O)COC(c2ccccc2)c2ccccc2)CCO1. The molecule has 0 aromatic heterocycles. The summed E-state index contributed by atoms with van der Waals surface area (Å²) in [5, 5.41) is 8.91. The molecule has 0 aliphatic carbocycles. The number of aliphatic carboxylic acids is 1. The van der Waals surface area contributed by atoms with E-state index in [1.807, 2.05) is 60.7 Å². The van der Waals surface area contributed by atoms with Gasteiger partial charge in [-0.25, -0.2) is 0 Å². The van der Waals surface area contributed by atoms with Gasteiger partial charge in [0.05, 0.1) is 19.1 Å². The third-order valence-corrected chi connectivity index (χ3v) is 4.47. The molecule has 142 valence electrons. The molecule has 1 amide bonds. The zero-order chi connectivity index (χ0) is 19.1. The summed E-state index contributed by atoms with van der Waals surface area (Å²) in [7, 11) is 0. The third-order valence-electron chi connectivity index (χ3n) is 4.47. The molecule has 27 heavy (non-hydrogen) atoms. The van der Waals surface area contributed by atoms with Gasteiger partial charge in [0.15, 0.2) is 0 Å². The smallest absolute Gasteiger partial charge is 0.306 e. The Bertz CT molecular complexity index is 710. The summed E-state index contributed by atoms with van der Waals surface area (Å²) >= 11 is 0. The summed E-state index contributed by atoms with van der Waals surface area (Å²) in [5.41, 5.74) is 1.95. The molecule has 0 spiro atoms. The number of morpholine rings is 1. The summed E-state index contributed by atoms with van der Waals surface area (Å²) in [6.45, 7) is 0.980. The number of rotatable bonds is 7. The topological polar surface area (TPSA) is 76.1 Å². The highest BCUT2D eigenvalue weighted by Crippen LogP contribution is 2.25. The Morgan fingerprint density at radius 3 is 2.22 bits per heavy atom. The van der Waals surface area contributed by atoms with Crippen molar-refractivity contribution in [2.24, 2.45) is 0 Å². The second-order valence-electron chi connectivity index (χ2n) is 6.44. The Hall–Kier alpha value is -2.70. The fourth-order valence-corrected chi connectivity index (χ4v) is 3.15. The highest BCUT2D eigenvalue weighted by atomic mass is 16.5. The number of amides is 1. The zero-order valence-corrected chi connectivity index (χ0v) is 15.0. The van der Waals surface area contributed by atoms with Crippen molar-refractivity contribution >= 4 is 11.9 Å². The van der Waals surface area contributed by atoms with Gasteiger partial charge in [0.25, 0.3) is 0 Å². The molecule has 6 heteroatoms. The largest absolute Gasteiger partial charge is 0.481 e. The molecular formula is C21H23NO5. The average Bonchev–Trinajstić information content (AvgIpc) is 2.69. The van der Waals surface area contributed by atoms with Crippen molar-refractivity contribution in [2.45, 2.75) is 18.6 Å². The maximum absolute atomic E-state index is 12.6. The first-order valence-corrected chi connectivity index (χ1v) is 8.96. The average molecular weight is 369 g/mol. The number of hydrogen-bond donors (Lipinski definition) is 1. The second kappa shape index (κ2) is 9.30. The lowest BCUT2D eigenvalue weighted by Gasteiger charge is -2.32. The minimum absolute atomic E-state index is 0.0752. The number of ether oxygens (including phenoxy) is 2. The van der Waals surface area contributed by atoms with Crippen LogP contribution < -0.4 is 0 Å². The molecule has 0 radical (unpaired) electrons. The van der Waals surface area contributed by atoms with Crippen molar-refractivity contribution < 1.29 is 24.2 Å². The maximum atomic E-state index is 12.6. The highest BCUT2D eigenvalue weighted by molar-refractivity contribution is 5.77. The molecule has 0 bridgehead atoms. The molecule has 1 unspecified atom stereocenters. The summed E-state index contributed by atoms with van der Waals surface area (Å²) in [5.74, 6) is -1.09. The lowest BCUT2D eigenvalue weighted by atomic mass is 10.0. The molecule has 2 aromatic rings. The van der Waals surface area contributed by atoms with Crippen LogP contribution in [0.15, 0.2) is 60.7 Å². The number of benzene rings is 2. The number of carbonyl (C=O) groups excluding carboxylic acids is 1. The highest BCUT2D eigenvalue weighted by Gasteiger charge is 2.27. The summed E-state index contributed by atoms with van der Waals surface area (Å²) in [6, 6.07) is 19.5. The molecule has 1 aliphatic rings. The van der Waals surface area contributed by atoms with Gasteiger partial charge in [-0.3, -0.25) is 9.59 Å². The van der Waals surface area contributed by atoms with Crippen LogP contribution in [-0.2, 0) is 19.1 Å². The minimum atomic E-state index is -0.932. The molecule has 2 aromatic carbocycles. The Kier molecular flexibility index (Phi) is 6.57. The van der Waals surface area contributed by atoms with E-state index in [4.69, 9.17) is 14.6 Å². The molecule has 1 heterocycles. The van der Waals surface area contributed by atoms with Crippen LogP contribution in [0.3, 0.4) is 0 Å². The van der Waals surface area contributed by atoms with Crippen molar-refractivity contribution in [1.82, 2.24) is 4.90 Å². The van der Waals surface area contributed by atoms with Crippen LogP contribution >= 0.6 is 0 Å². The molecule has 1 atom stereocenters. The van der Waals surface area contributed by atoms with Gasteiger partial charge in [-0.15, -0.1) is 0 Å². The van der Waals surface area contributed by atoms with E-state index in [0.717, 1.165) is 11.1 Å². The molecule has 1 saturated heterocycles. The van der Waals surface area contributed by atoms with Gasteiger partial charge in [-0.2, -0.15) is 0 Å². The van der Waals surface area contributed by atoms with Gasteiger partial charge in [0, 0.05) is 13.1 Å². The van der Waals surface area contributed by atoms with Gasteiger partial charge in [-0.1, -0.05) is 60.7 Å². The molecule has 0 saturated carbocycles. The van der Waals surface area contributed by atoms with E-state index < -0.39 is 12.1 Å². The van der Waals surface area contributed by atoms with Crippen LogP contribution in [0.4, 0.5) is 0 Å². The van der Waals surface area contributed by atoms with Crippen molar-refractivity contribution in [2.75, 3.05) is 26.3 Å². The molecule has 1 aliphatic heterocycles. The van der Waals surface area contributed by atoms with Gasteiger partial charge in [0.2, 0.25) is 5.91 Å². The fraction of sp³-hybridized carbons (Fsp3) is 0.333. The first-order chi connectivity index (χ1) is 13.1. The molecule has 3 rings (SSSR count). The number of carboxylic acids is 1. The van der Waals surface area contributed by atoms with E-state index in [0.29, 0.717) is 13.2 Å². The fourth-order valence-electron chi connectivity index (χ4n) is 3.15. The van der Waals surface area contributed by atoms with E-state index in [1.165, 1.54) is 0 Å². The zero-order valence-electron chi connectivity index (χ0n) is 15.0. The Morgan fingerprint density at radius 2 is 1.67 bits per heavy atom. The predicted molar refractivity (Wildman–Crippen MR) is 99.3 cm³/mol. The lowest BCUT2D eigenvalue weighted by molar-refractivity contribution is -0.150. The monoisotopic (exact) mass is 369 g/mol. The number of hydrogen-bond acceptors (Lipinski definition) is 4. The normalized spacial score (nSPS) is 17.1.